The van der Waals surface area contributed by atoms with Gasteiger partial charge in [-0.15, -0.1) is 6.42 Å². The first-order valence-electron chi connectivity index (χ1n) is 5.87. The lowest BCUT2D eigenvalue weighted by atomic mass is 10.1. The summed E-state index contributed by atoms with van der Waals surface area (Å²) in [6.45, 7) is 2.12. The van der Waals surface area contributed by atoms with Crippen molar-refractivity contribution in [3.05, 3.63) is 29.0 Å². The average Bonchev–Trinajstić information content (AvgIpc) is 2.38. The van der Waals surface area contributed by atoms with E-state index in [-0.39, 0.29) is 6.04 Å². The third-order valence-corrected chi connectivity index (χ3v) is 3.09. The fourth-order valence-corrected chi connectivity index (χ4v) is 2.11. The minimum Gasteiger partial charge on any atom is -0.370 e. The molecule has 1 unspecified atom stereocenters. The summed E-state index contributed by atoms with van der Waals surface area (Å²) in [5.74, 6) is 2.76. The van der Waals surface area contributed by atoms with Crippen molar-refractivity contribution in [1.29, 1.82) is 0 Å². The van der Waals surface area contributed by atoms with Crippen molar-refractivity contribution in [1.82, 2.24) is 9.97 Å². The summed E-state index contributed by atoms with van der Waals surface area (Å²) >= 11 is 3.39. The molecule has 1 atom stereocenters. The predicted molar refractivity (Wildman–Crippen MR) is 78.4 cm³/mol. The molecule has 0 saturated heterocycles. The largest absolute Gasteiger partial charge is 0.370 e. The summed E-state index contributed by atoms with van der Waals surface area (Å²) in [4.78, 5) is 8.69. The molecule has 0 saturated carbocycles. The van der Waals surface area contributed by atoms with Gasteiger partial charge in [-0.1, -0.05) is 19.3 Å². The van der Waals surface area contributed by atoms with Gasteiger partial charge in [0.05, 0.1) is 17.2 Å². The number of rotatable bonds is 4. The number of halogens is 1. The van der Waals surface area contributed by atoms with Gasteiger partial charge in [-0.05, 0) is 34.5 Å². The van der Waals surface area contributed by atoms with Crippen LogP contribution in [-0.4, -0.2) is 16.0 Å². The van der Waals surface area contributed by atoms with Gasteiger partial charge in [0.2, 0.25) is 0 Å². The van der Waals surface area contributed by atoms with E-state index in [2.05, 4.69) is 44.1 Å². The zero-order valence-corrected chi connectivity index (χ0v) is 11.7. The number of anilines is 1. The fraction of sp³-hybridized carbons (Fsp3) is 0.286. The Bertz CT molecular complexity index is 589. The van der Waals surface area contributed by atoms with Crippen molar-refractivity contribution in [2.24, 2.45) is 0 Å². The van der Waals surface area contributed by atoms with E-state index in [1.807, 2.05) is 12.1 Å². The molecule has 0 radical (unpaired) electrons. The third kappa shape index (κ3) is 2.80. The second-order valence-corrected chi connectivity index (χ2v) is 4.95. The minimum absolute atomic E-state index is 0.0334. The standard InChI is InChI=1S/C14H14BrN3/c1-3-5-11(4-2)18-12-6-7-16-13-8-10(15)9-17-14(12)13/h2,6-9,11H,3,5H2,1H3,(H,16,18). The molecule has 3 nitrogen and oxygen atoms in total. The number of terminal acetylenes is 1. The van der Waals surface area contributed by atoms with Crippen molar-refractivity contribution in [2.75, 3.05) is 5.32 Å². The van der Waals surface area contributed by atoms with Crippen molar-refractivity contribution in [3.8, 4) is 12.3 Å². The smallest absolute Gasteiger partial charge is 0.112 e. The van der Waals surface area contributed by atoms with Crippen LogP contribution in [-0.2, 0) is 0 Å². The van der Waals surface area contributed by atoms with E-state index in [1.165, 1.54) is 0 Å². The molecule has 0 aliphatic rings. The molecule has 4 heteroatoms. The van der Waals surface area contributed by atoms with Gasteiger partial charge in [0, 0.05) is 16.9 Å². The molecule has 2 aromatic heterocycles. The van der Waals surface area contributed by atoms with Gasteiger partial charge >= 0.3 is 0 Å². The first-order chi connectivity index (χ1) is 8.74. The Labute approximate surface area is 115 Å². The lowest BCUT2D eigenvalue weighted by Gasteiger charge is -2.14. The SMILES string of the molecule is C#CC(CCC)Nc1ccnc2cc(Br)cnc12. The number of hydrogen-bond acceptors (Lipinski definition) is 3. The van der Waals surface area contributed by atoms with Gasteiger partial charge in [-0.3, -0.25) is 9.97 Å². The lowest BCUT2D eigenvalue weighted by Crippen LogP contribution is -2.17. The Morgan fingerprint density at radius 1 is 1.50 bits per heavy atom. The van der Waals surface area contributed by atoms with E-state index in [0.29, 0.717) is 0 Å². The van der Waals surface area contributed by atoms with E-state index in [9.17, 15) is 0 Å². The molecule has 18 heavy (non-hydrogen) atoms. The molecule has 2 aromatic rings. The molecular weight excluding hydrogens is 290 g/mol. The molecule has 0 amide bonds. The molecule has 2 rings (SSSR count). The highest BCUT2D eigenvalue weighted by Crippen LogP contribution is 2.23. The Kier molecular flexibility index (Phi) is 4.16. The monoisotopic (exact) mass is 303 g/mol. The summed E-state index contributed by atoms with van der Waals surface area (Å²) in [7, 11) is 0. The number of nitrogens with one attached hydrogen (secondary N) is 1. The van der Waals surface area contributed by atoms with Gasteiger partial charge in [-0.2, -0.15) is 0 Å². The highest BCUT2D eigenvalue weighted by molar-refractivity contribution is 9.10. The van der Waals surface area contributed by atoms with Gasteiger partial charge in [0.1, 0.15) is 5.52 Å². The van der Waals surface area contributed by atoms with Crippen LogP contribution < -0.4 is 5.32 Å². The molecule has 0 aliphatic heterocycles. The molecule has 92 valence electrons. The zero-order valence-electron chi connectivity index (χ0n) is 10.2. The van der Waals surface area contributed by atoms with Crippen LogP contribution in [0, 0.1) is 12.3 Å². The molecule has 0 aliphatic carbocycles. The maximum atomic E-state index is 5.52. The lowest BCUT2D eigenvalue weighted by molar-refractivity contribution is 0.756. The van der Waals surface area contributed by atoms with Crippen LogP contribution in [0.15, 0.2) is 29.0 Å². The van der Waals surface area contributed by atoms with Crippen LogP contribution in [0.3, 0.4) is 0 Å². The number of hydrogen-bond donors (Lipinski definition) is 1. The Morgan fingerprint density at radius 2 is 2.33 bits per heavy atom. The van der Waals surface area contributed by atoms with Crippen LogP contribution in [0.5, 0.6) is 0 Å². The van der Waals surface area contributed by atoms with Crippen LogP contribution in [0.25, 0.3) is 11.0 Å². The van der Waals surface area contributed by atoms with Crippen molar-refractivity contribution < 1.29 is 0 Å². The Hall–Kier alpha value is -1.60. The topological polar surface area (TPSA) is 37.8 Å². The molecule has 0 aromatic carbocycles. The Balaban J connectivity index is 2.36. The molecule has 0 bridgehead atoms. The van der Waals surface area contributed by atoms with E-state index >= 15 is 0 Å². The minimum atomic E-state index is 0.0334. The van der Waals surface area contributed by atoms with E-state index in [0.717, 1.165) is 34.0 Å². The van der Waals surface area contributed by atoms with E-state index in [4.69, 9.17) is 6.42 Å². The summed E-state index contributed by atoms with van der Waals surface area (Å²) in [5, 5.41) is 3.34. The van der Waals surface area contributed by atoms with Crippen LogP contribution in [0.2, 0.25) is 0 Å². The van der Waals surface area contributed by atoms with Gasteiger partial charge in [0.25, 0.3) is 0 Å². The number of nitrogens with zero attached hydrogens (tertiary/aromatic N) is 2. The van der Waals surface area contributed by atoms with E-state index in [1.54, 1.807) is 12.4 Å². The van der Waals surface area contributed by atoms with Gasteiger partial charge in [-0.25, -0.2) is 0 Å². The highest BCUT2D eigenvalue weighted by atomic mass is 79.9. The maximum Gasteiger partial charge on any atom is 0.112 e. The molecular formula is C14H14BrN3. The zero-order chi connectivity index (χ0) is 13.0. The Morgan fingerprint density at radius 3 is 3.06 bits per heavy atom. The maximum absolute atomic E-state index is 5.52. The summed E-state index contributed by atoms with van der Waals surface area (Å²) < 4.78 is 0.918. The van der Waals surface area contributed by atoms with Gasteiger partial charge in [0.15, 0.2) is 0 Å². The fourth-order valence-electron chi connectivity index (χ4n) is 1.80. The number of fused-ring (bicyclic) bond motifs is 1. The number of aromatic nitrogens is 2. The first-order valence-corrected chi connectivity index (χ1v) is 6.67. The average molecular weight is 304 g/mol. The van der Waals surface area contributed by atoms with Gasteiger partial charge < -0.3 is 5.32 Å². The van der Waals surface area contributed by atoms with Crippen LogP contribution in [0.1, 0.15) is 19.8 Å². The second-order valence-electron chi connectivity index (χ2n) is 4.03. The quantitative estimate of drug-likeness (QED) is 0.877. The number of pyridine rings is 2. The summed E-state index contributed by atoms with van der Waals surface area (Å²) in [6, 6.07) is 3.88. The van der Waals surface area contributed by atoms with Crippen molar-refractivity contribution in [3.63, 3.8) is 0 Å². The summed E-state index contributed by atoms with van der Waals surface area (Å²) in [6.07, 6.45) is 11.0. The molecule has 1 N–H and O–H groups in total. The second kappa shape index (κ2) is 5.83. The molecule has 2 heterocycles. The third-order valence-electron chi connectivity index (χ3n) is 2.65. The molecule has 0 spiro atoms. The summed E-state index contributed by atoms with van der Waals surface area (Å²) in [5.41, 5.74) is 2.63. The normalized spacial score (nSPS) is 12.1. The highest BCUT2D eigenvalue weighted by Gasteiger charge is 2.08. The van der Waals surface area contributed by atoms with Crippen molar-refractivity contribution in [2.45, 2.75) is 25.8 Å². The first kappa shape index (κ1) is 12.8. The van der Waals surface area contributed by atoms with Crippen molar-refractivity contribution >= 4 is 32.7 Å². The van der Waals surface area contributed by atoms with Crippen LogP contribution >= 0.6 is 15.9 Å². The van der Waals surface area contributed by atoms with Crippen LogP contribution in [0.4, 0.5) is 5.69 Å². The predicted octanol–water partition coefficient (Wildman–Crippen LogP) is 3.61. The molecule has 0 fully saturated rings. The van der Waals surface area contributed by atoms with E-state index < -0.39 is 0 Å².